The minimum Gasteiger partial charge on any atom is -0.465 e. The highest BCUT2D eigenvalue weighted by Gasteiger charge is 2.55. The van der Waals surface area contributed by atoms with Crippen molar-refractivity contribution in [2.75, 3.05) is 20.3 Å². The minimum atomic E-state index is -4.83. The van der Waals surface area contributed by atoms with Crippen molar-refractivity contribution in [1.29, 1.82) is 0 Å². The summed E-state index contributed by atoms with van der Waals surface area (Å²) in [5.41, 5.74) is -2.61. The van der Waals surface area contributed by atoms with E-state index >= 15 is 8.78 Å². The van der Waals surface area contributed by atoms with E-state index in [1.54, 1.807) is 72.8 Å². The van der Waals surface area contributed by atoms with E-state index in [-0.39, 0.29) is 29.0 Å². The van der Waals surface area contributed by atoms with E-state index in [0.29, 0.717) is 38.8 Å². The SMILES string of the molecule is CCOP(=O)(OCC)C(F)(F)c1ccc(Cn2nc(-c3cccc(Oc4cccc(C(=O)OC)c4)c3)s/c2=N\C(=O)c2ccccc2)cc1Br. The highest BCUT2D eigenvalue weighted by Crippen LogP contribution is 2.67. The largest absolute Gasteiger partial charge is 0.465 e. The number of alkyl halides is 2. The monoisotopic (exact) mass is 785 g/mol. The van der Waals surface area contributed by atoms with E-state index in [1.165, 1.54) is 37.8 Å². The van der Waals surface area contributed by atoms with Crippen molar-refractivity contribution >= 4 is 46.7 Å². The molecule has 10 nitrogen and oxygen atoms in total. The average Bonchev–Trinajstić information content (AvgIpc) is 3.50. The van der Waals surface area contributed by atoms with E-state index < -0.39 is 30.7 Å². The average molecular weight is 787 g/mol. The molecule has 0 unspecified atom stereocenters. The summed E-state index contributed by atoms with van der Waals surface area (Å²) >= 11 is 4.37. The lowest BCUT2D eigenvalue weighted by Gasteiger charge is -2.26. The van der Waals surface area contributed by atoms with Crippen LogP contribution in [0.2, 0.25) is 0 Å². The van der Waals surface area contributed by atoms with Gasteiger partial charge in [-0.25, -0.2) is 9.48 Å². The van der Waals surface area contributed by atoms with Crippen LogP contribution in [-0.4, -0.2) is 42.0 Å². The van der Waals surface area contributed by atoms with Crippen molar-refractivity contribution in [3.63, 3.8) is 0 Å². The lowest BCUT2D eigenvalue weighted by molar-refractivity contribution is 0.0354. The number of esters is 1. The van der Waals surface area contributed by atoms with Gasteiger partial charge in [-0.1, -0.05) is 75.8 Å². The molecule has 15 heteroatoms. The normalized spacial score (nSPS) is 12.2. The summed E-state index contributed by atoms with van der Waals surface area (Å²) in [5.74, 6) is -0.107. The number of benzene rings is 4. The van der Waals surface area contributed by atoms with Crippen molar-refractivity contribution in [1.82, 2.24) is 9.78 Å². The molecule has 0 fully saturated rings. The number of carbonyl (C=O) groups is 2. The Morgan fingerprint density at radius 2 is 1.56 bits per heavy atom. The Morgan fingerprint density at radius 3 is 2.22 bits per heavy atom. The maximum atomic E-state index is 15.6. The standard InChI is InChI=1S/C35H31BrF2N3O7PS/c1-4-46-49(44,47-5-2)35(37,38)29-18-17-23(19-30(29)36)22-41-34(39-31(42)24-11-7-6-8-12-24)50-32(40-41)25-13-9-15-27(20-25)48-28-16-10-14-26(21-28)33(43)45-3/h6-21H,4-5,22H2,1-3H3/b39-34-. The van der Waals surface area contributed by atoms with Gasteiger partial charge in [-0.3, -0.25) is 9.36 Å². The molecule has 0 bridgehead atoms. The number of amides is 1. The fourth-order valence-electron chi connectivity index (χ4n) is 4.74. The summed E-state index contributed by atoms with van der Waals surface area (Å²) in [6.45, 7) is 2.51. The summed E-state index contributed by atoms with van der Waals surface area (Å²) < 4.78 is 66.3. The Kier molecular flexibility index (Phi) is 11.9. The van der Waals surface area contributed by atoms with Gasteiger partial charge in [-0.15, -0.1) is 0 Å². The Morgan fingerprint density at radius 1 is 0.900 bits per heavy atom. The fraction of sp³-hybridized carbons (Fsp3) is 0.200. The third-order valence-corrected chi connectivity index (χ3v) is 10.8. The molecular weight excluding hydrogens is 755 g/mol. The maximum absolute atomic E-state index is 15.6. The zero-order valence-electron chi connectivity index (χ0n) is 27.0. The molecular formula is C35H31BrF2N3O7PS. The van der Waals surface area contributed by atoms with E-state index in [9.17, 15) is 14.2 Å². The lowest BCUT2D eigenvalue weighted by Crippen LogP contribution is -2.20. The fourth-order valence-corrected chi connectivity index (χ4v) is 8.03. The number of nitrogens with zero attached hydrogens (tertiary/aromatic N) is 3. The first kappa shape index (κ1) is 36.9. The molecule has 0 aliphatic carbocycles. The van der Waals surface area contributed by atoms with Gasteiger partial charge in [-0.05, 0) is 67.9 Å². The van der Waals surface area contributed by atoms with Gasteiger partial charge in [0.05, 0.1) is 32.4 Å². The number of methoxy groups -OCH3 is 1. The molecule has 0 aliphatic heterocycles. The molecule has 0 saturated heterocycles. The number of hydrogen-bond donors (Lipinski definition) is 0. The van der Waals surface area contributed by atoms with Gasteiger partial charge in [0.1, 0.15) is 16.5 Å². The molecule has 0 spiro atoms. The number of hydrogen-bond acceptors (Lipinski definition) is 9. The summed E-state index contributed by atoms with van der Waals surface area (Å²) in [6.07, 6.45) is 0. The van der Waals surface area contributed by atoms with Crippen LogP contribution < -0.4 is 9.54 Å². The highest BCUT2D eigenvalue weighted by atomic mass is 79.9. The molecule has 5 rings (SSSR count). The predicted molar refractivity (Wildman–Crippen MR) is 188 cm³/mol. The second kappa shape index (κ2) is 16.1. The maximum Gasteiger partial charge on any atom is 0.404 e. The van der Waals surface area contributed by atoms with Crippen molar-refractivity contribution in [2.45, 2.75) is 26.1 Å². The van der Waals surface area contributed by atoms with Crippen molar-refractivity contribution in [3.8, 4) is 22.1 Å². The number of rotatable bonds is 13. The van der Waals surface area contributed by atoms with Gasteiger partial charge in [0.2, 0.25) is 4.80 Å². The van der Waals surface area contributed by atoms with Gasteiger partial charge >= 0.3 is 19.2 Å². The van der Waals surface area contributed by atoms with E-state index in [2.05, 4.69) is 20.9 Å². The van der Waals surface area contributed by atoms with Crippen molar-refractivity contribution in [2.24, 2.45) is 4.99 Å². The Hall–Kier alpha value is -4.33. The van der Waals surface area contributed by atoms with Crippen LogP contribution in [-0.2, 0) is 30.6 Å². The van der Waals surface area contributed by atoms with Gasteiger partial charge < -0.3 is 18.5 Å². The summed E-state index contributed by atoms with van der Waals surface area (Å²) in [7, 11) is -3.54. The first-order valence-electron chi connectivity index (χ1n) is 15.2. The summed E-state index contributed by atoms with van der Waals surface area (Å²) in [6, 6.07) is 26.2. The number of carbonyl (C=O) groups excluding carboxylic acids is 2. The molecule has 0 aliphatic rings. The Bertz CT molecular complexity index is 2110. The van der Waals surface area contributed by atoms with Crippen LogP contribution in [0.15, 0.2) is 107 Å². The second-order valence-electron chi connectivity index (χ2n) is 10.5. The quantitative estimate of drug-likeness (QED) is 0.0858. The van der Waals surface area contributed by atoms with Crippen LogP contribution in [0, 0.1) is 0 Å². The van der Waals surface area contributed by atoms with Crippen LogP contribution in [0.5, 0.6) is 11.5 Å². The molecule has 1 aromatic heterocycles. The third kappa shape index (κ3) is 8.34. The Labute approximate surface area is 299 Å². The van der Waals surface area contributed by atoms with Crippen molar-refractivity contribution in [3.05, 3.63) is 129 Å². The molecule has 0 saturated carbocycles. The second-order valence-corrected chi connectivity index (χ2v) is 14.4. The number of aromatic nitrogens is 2. The van der Waals surface area contributed by atoms with Crippen LogP contribution in [0.1, 0.15) is 45.7 Å². The summed E-state index contributed by atoms with van der Waals surface area (Å²) in [5, 5.41) is 5.23. The molecule has 50 heavy (non-hydrogen) atoms. The zero-order valence-corrected chi connectivity index (χ0v) is 30.3. The van der Waals surface area contributed by atoms with Crippen LogP contribution >= 0.6 is 34.9 Å². The topological polar surface area (TPSA) is 118 Å². The van der Waals surface area contributed by atoms with Crippen molar-refractivity contribution < 1.29 is 41.5 Å². The molecule has 4 aromatic carbocycles. The smallest absolute Gasteiger partial charge is 0.404 e. The van der Waals surface area contributed by atoms with E-state index in [1.807, 2.05) is 6.07 Å². The first-order valence-corrected chi connectivity index (χ1v) is 18.4. The molecule has 5 aromatic rings. The third-order valence-electron chi connectivity index (χ3n) is 7.04. The Balaban J connectivity index is 1.50. The molecule has 0 atom stereocenters. The molecule has 0 N–H and O–H groups in total. The number of ether oxygens (including phenoxy) is 2. The molecule has 1 heterocycles. The minimum absolute atomic E-state index is 0.0179. The van der Waals surface area contributed by atoms with Crippen LogP contribution in [0.25, 0.3) is 10.6 Å². The molecule has 1 amide bonds. The van der Waals surface area contributed by atoms with Crippen LogP contribution in [0.3, 0.4) is 0 Å². The van der Waals surface area contributed by atoms with Gasteiger partial charge in [-0.2, -0.15) is 18.9 Å². The van der Waals surface area contributed by atoms with Gasteiger partial charge in [0.15, 0.2) is 0 Å². The summed E-state index contributed by atoms with van der Waals surface area (Å²) in [4.78, 5) is 29.7. The van der Waals surface area contributed by atoms with Gasteiger partial charge in [0, 0.05) is 21.2 Å². The highest BCUT2D eigenvalue weighted by molar-refractivity contribution is 9.10. The van der Waals surface area contributed by atoms with Gasteiger partial charge in [0.25, 0.3) is 5.91 Å². The van der Waals surface area contributed by atoms with E-state index in [4.69, 9.17) is 23.6 Å². The number of halogens is 3. The lowest BCUT2D eigenvalue weighted by atomic mass is 10.1. The predicted octanol–water partition coefficient (Wildman–Crippen LogP) is 9.06. The molecule has 260 valence electrons. The van der Waals surface area contributed by atoms with Crippen LogP contribution in [0.4, 0.5) is 8.78 Å². The van der Waals surface area contributed by atoms with E-state index in [0.717, 1.165) is 17.4 Å². The molecule has 0 radical (unpaired) electrons. The zero-order chi connectivity index (χ0) is 35.9. The first-order chi connectivity index (χ1) is 24.0.